The third kappa shape index (κ3) is 2.92. The van der Waals surface area contributed by atoms with E-state index in [-0.39, 0.29) is 0 Å². The maximum Gasteiger partial charge on any atom is 0.227 e. The first-order chi connectivity index (χ1) is 10.7. The van der Waals surface area contributed by atoms with Gasteiger partial charge >= 0.3 is 0 Å². The van der Waals surface area contributed by atoms with Crippen LogP contribution >= 0.6 is 12.2 Å². The summed E-state index contributed by atoms with van der Waals surface area (Å²) in [5.41, 5.74) is 4.06. The Bertz CT molecular complexity index is 895. The monoisotopic (exact) mass is 309 g/mol. The van der Waals surface area contributed by atoms with E-state index in [1.807, 2.05) is 49.4 Å². The van der Waals surface area contributed by atoms with Gasteiger partial charge in [0.25, 0.3) is 0 Å². The SMILES string of the molecule is COc1ccc(N=c2oc3ccc(C)cc3cc2C=S)cc1. The molecule has 0 atom stereocenters. The van der Waals surface area contributed by atoms with Crippen LogP contribution in [0.15, 0.2) is 57.9 Å². The molecule has 0 N–H and O–H groups in total. The molecule has 0 amide bonds. The second-order valence-electron chi connectivity index (χ2n) is 4.98. The van der Waals surface area contributed by atoms with Crippen molar-refractivity contribution in [2.24, 2.45) is 4.99 Å². The van der Waals surface area contributed by atoms with Gasteiger partial charge in [0.05, 0.1) is 12.8 Å². The summed E-state index contributed by atoms with van der Waals surface area (Å²) >= 11 is 5.09. The van der Waals surface area contributed by atoms with Crippen molar-refractivity contribution in [3.8, 4) is 5.75 Å². The molecule has 0 spiro atoms. The Labute approximate surface area is 133 Å². The normalized spacial score (nSPS) is 11.6. The lowest BCUT2D eigenvalue weighted by Gasteiger charge is -2.02. The Kier molecular flexibility index (Phi) is 4.02. The maximum atomic E-state index is 5.90. The highest BCUT2D eigenvalue weighted by Crippen LogP contribution is 2.18. The number of hydrogen-bond acceptors (Lipinski definition) is 4. The van der Waals surface area contributed by atoms with Crippen LogP contribution in [0.4, 0.5) is 5.69 Å². The molecule has 22 heavy (non-hydrogen) atoms. The Balaban J connectivity index is 2.17. The van der Waals surface area contributed by atoms with E-state index in [4.69, 9.17) is 21.4 Å². The molecule has 4 heteroatoms. The van der Waals surface area contributed by atoms with Gasteiger partial charge in [0.1, 0.15) is 11.3 Å². The second-order valence-corrected chi connectivity index (χ2v) is 5.21. The fraction of sp³-hybridized carbons (Fsp3) is 0.111. The first-order valence-corrected chi connectivity index (χ1v) is 7.35. The van der Waals surface area contributed by atoms with E-state index < -0.39 is 0 Å². The van der Waals surface area contributed by atoms with E-state index >= 15 is 0 Å². The molecule has 0 aliphatic rings. The Morgan fingerprint density at radius 3 is 2.55 bits per heavy atom. The van der Waals surface area contributed by atoms with Crippen LogP contribution in [-0.2, 0) is 0 Å². The molecule has 3 nitrogen and oxygen atoms in total. The number of nitrogens with zero attached hydrogens (tertiary/aromatic N) is 1. The molecular formula is C18H15NO2S. The molecule has 3 aromatic rings. The summed E-state index contributed by atoms with van der Waals surface area (Å²) in [6.07, 6.45) is 0. The number of ether oxygens (including phenoxy) is 1. The molecule has 3 rings (SSSR count). The predicted octanol–water partition coefficient (Wildman–Crippen LogP) is 4.33. The van der Waals surface area contributed by atoms with Crippen molar-refractivity contribution in [2.45, 2.75) is 6.92 Å². The van der Waals surface area contributed by atoms with Crippen molar-refractivity contribution in [1.82, 2.24) is 0 Å². The zero-order valence-electron chi connectivity index (χ0n) is 12.4. The number of rotatable bonds is 3. The molecule has 0 aliphatic heterocycles. The van der Waals surface area contributed by atoms with Gasteiger partial charge in [-0.3, -0.25) is 0 Å². The van der Waals surface area contributed by atoms with E-state index in [1.165, 1.54) is 5.56 Å². The third-order valence-corrected chi connectivity index (χ3v) is 3.61. The molecule has 0 saturated heterocycles. The fourth-order valence-electron chi connectivity index (χ4n) is 2.21. The largest absolute Gasteiger partial charge is 0.497 e. The highest BCUT2D eigenvalue weighted by atomic mass is 32.1. The lowest BCUT2D eigenvalue weighted by molar-refractivity contribution is 0.415. The van der Waals surface area contributed by atoms with Crippen molar-refractivity contribution in [1.29, 1.82) is 0 Å². The van der Waals surface area contributed by atoms with Gasteiger partial charge in [-0.1, -0.05) is 23.8 Å². The van der Waals surface area contributed by atoms with Crippen molar-refractivity contribution < 1.29 is 9.15 Å². The van der Waals surface area contributed by atoms with Gasteiger partial charge in [-0.2, -0.15) is 0 Å². The van der Waals surface area contributed by atoms with Crippen LogP contribution in [0.3, 0.4) is 0 Å². The molecule has 1 aromatic heterocycles. The summed E-state index contributed by atoms with van der Waals surface area (Å²) in [6.45, 7) is 2.05. The van der Waals surface area contributed by atoms with Crippen molar-refractivity contribution in [2.75, 3.05) is 7.11 Å². The molecule has 2 aromatic carbocycles. The fourth-order valence-corrected chi connectivity index (χ4v) is 2.38. The number of thiocarbonyl (C=S) groups is 1. The van der Waals surface area contributed by atoms with Gasteiger partial charge in [-0.15, -0.1) is 0 Å². The first-order valence-electron chi connectivity index (χ1n) is 6.88. The number of fused-ring (bicyclic) bond motifs is 1. The average molecular weight is 309 g/mol. The number of hydrogen-bond donors (Lipinski definition) is 0. The van der Waals surface area contributed by atoms with Crippen LogP contribution in [0.1, 0.15) is 11.1 Å². The molecule has 0 bridgehead atoms. The van der Waals surface area contributed by atoms with Crippen LogP contribution in [-0.4, -0.2) is 12.5 Å². The molecule has 110 valence electrons. The van der Waals surface area contributed by atoms with Crippen LogP contribution < -0.4 is 10.3 Å². The highest BCUT2D eigenvalue weighted by molar-refractivity contribution is 7.79. The van der Waals surface area contributed by atoms with E-state index in [0.29, 0.717) is 5.55 Å². The van der Waals surface area contributed by atoms with Gasteiger partial charge in [0, 0.05) is 16.3 Å². The Morgan fingerprint density at radius 1 is 1.09 bits per heavy atom. The summed E-state index contributed by atoms with van der Waals surface area (Å²) in [7, 11) is 1.64. The van der Waals surface area contributed by atoms with E-state index in [9.17, 15) is 0 Å². The summed E-state index contributed by atoms with van der Waals surface area (Å²) in [5, 5.41) is 2.61. The van der Waals surface area contributed by atoms with Gasteiger partial charge in [-0.25, -0.2) is 4.99 Å². The third-order valence-electron chi connectivity index (χ3n) is 3.36. The van der Waals surface area contributed by atoms with Crippen molar-refractivity contribution in [3.63, 3.8) is 0 Å². The lowest BCUT2D eigenvalue weighted by Crippen LogP contribution is -2.07. The van der Waals surface area contributed by atoms with Crippen LogP contribution in [0.25, 0.3) is 11.0 Å². The van der Waals surface area contributed by atoms with Crippen LogP contribution in [0.5, 0.6) is 5.75 Å². The van der Waals surface area contributed by atoms with Crippen LogP contribution in [0.2, 0.25) is 0 Å². The highest BCUT2D eigenvalue weighted by Gasteiger charge is 2.03. The summed E-state index contributed by atoms with van der Waals surface area (Å²) in [5.74, 6) is 0.792. The molecule has 1 heterocycles. The first kappa shape index (κ1) is 14.5. The minimum absolute atomic E-state index is 0.511. The molecule has 0 unspecified atom stereocenters. The minimum Gasteiger partial charge on any atom is -0.497 e. The summed E-state index contributed by atoms with van der Waals surface area (Å²) in [6, 6.07) is 15.5. The summed E-state index contributed by atoms with van der Waals surface area (Å²) in [4.78, 5) is 4.54. The Morgan fingerprint density at radius 2 is 1.86 bits per heavy atom. The molecular weight excluding hydrogens is 294 g/mol. The predicted molar refractivity (Wildman–Crippen MR) is 91.9 cm³/mol. The van der Waals surface area contributed by atoms with Crippen LogP contribution in [0, 0.1) is 6.92 Å². The van der Waals surface area contributed by atoms with Crippen molar-refractivity contribution >= 4 is 34.2 Å². The standard InChI is InChI=1S/C18H15NO2S/c1-12-3-8-17-13(9-12)10-14(11-22)18(21-17)19-15-4-6-16(20-2)7-5-15/h3-11H,1-2H3. The van der Waals surface area contributed by atoms with Gasteiger partial charge in [0.15, 0.2) is 0 Å². The molecule has 0 radical (unpaired) electrons. The smallest absolute Gasteiger partial charge is 0.227 e. The lowest BCUT2D eigenvalue weighted by atomic mass is 10.1. The van der Waals surface area contributed by atoms with Gasteiger partial charge < -0.3 is 9.15 Å². The average Bonchev–Trinajstić information content (AvgIpc) is 2.55. The topological polar surface area (TPSA) is 34.7 Å². The molecule has 0 saturated carbocycles. The minimum atomic E-state index is 0.511. The Hall–Kier alpha value is -2.46. The van der Waals surface area contributed by atoms with E-state index in [1.54, 1.807) is 12.5 Å². The van der Waals surface area contributed by atoms with Gasteiger partial charge in [0.2, 0.25) is 5.55 Å². The molecule has 0 fully saturated rings. The van der Waals surface area contributed by atoms with E-state index in [2.05, 4.69) is 11.1 Å². The second kappa shape index (κ2) is 6.12. The summed E-state index contributed by atoms with van der Waals surface area (Å²) < 4.78 is 11.0. The zero-order valence-corrected chi connectivity index (χ0v) is 13.2. The zero-order chi connectivity index (χ0) is 15.5. The van der Waals surface area contributed by atoms with Crippen molar-refractivity contribution in [3.05, 3.63) is 65.2 Å². The molecule has 0 aliphatic carbocycles. The number of methoxy groups -OCH3 is 1. The van der Waals surface area contributed by atoms with E-state index in [0.717, 1.165) is 28.0 Å². The van der Waals surface area contributed by atoms with Gasteiger partial charge in [-0.05, 0) is 49.4 Å². The number of benzene rings is 2. The quantitative estimate of drug-likeness (QED) is 0.675. The maximum absolute atomic E-state index is 5.90. The number of aryl methyl sites for hydroxylation is 1.